The first-order valence-corrected chi connectivity index (χ1v) is 6.76. The Balaban J connectivity index is 0.000000459. The van der Waals surface area contributed by atoms with Crippen LogP contribution in [-0.4, -0.2) is 48.6 Å². The third-order valence-electron chi connectivity index (χ3n) is 3.18. The van der Waals surface area contributed by atoms with E-state index in [9.17, 15) is 13.2 Å². The van der Waals surface area contributed by atoms with Gasteiger partial charge in [0, 0.05) is 31.2 Å². The Morgan fingerprint density at radius 2 is 1.58 bits per heavy atom. The topological polar surface area (TPSA) is 32.3 Å². The van der Waals surface area contributed by atoms with Gasteiger partial charge in [0.15, 0.2) is 0 Å². The fourth-order valence-electron chi connectivity index (χ4n) is 2.47. The van der Waals surface area contributed by atoms with Crippen molar-refractivity contribution in [2.24, 2.45) is 0 Å². The van der Waals surface area contributed by atoms with Crippen molar-refractivity contribution in [1.82, 2.24) is 10.2 Å². The van der Waals surface area contributed by atoms with Gasteiger partial charge in [0.25, 0.3) is 0 Å². The molecule has 1 fully saturated rings. The Morgan fingerprint density at radius 1 is 1.21 bits per heavy atom. The van der Waals surface area contributed by atoms with Gasteiger partial charge in [-0.15, -0.1) is 0 Å². The average Bonchev–Trinajstić information content (AvgIpc) is 2.29. The monoisotopic (exact) mass is 282 g/mol. The number of nitrogens with one attached hydrogen (secondary N) is 1. The summed E-state index contributed by atoms with van der Waals surface area (Å²) in [6, 6.07) is 2.11. The third-order valence-corrected chi connectivity index (χ3v) is 3.18. The van der Waals surface area contributed by atoms with Gasteiger partial charge in [0.1, 0.15) is 0 Å². The summed E-state index contributed by atoms with van der Waals surface area (Å²) in [5.74, 6) is 0. The molecule has 0 radical (unpaired) electrons. The fraction of sp³-hybridized carbons (Fsp3) is 0.923. The normalized spacial score (nSPS) is 24.8. The standard InChI is InChI=1S/C11H24N2.C2HF3O/c1-5-11(6-2)13-7-9(3)12-10(4)8-13;3-2(4,5)1-6/h9-12H,5-8H2,1-4H3;1H/t9-,10+;. The lowest BCUT2D eigenvalue weighted by molar-refractivity contribution is -0.156. The maximum atomic E-state index is 10.4. The van der Waals surface area contributed by atoms with Gasteiger partial charge >= 0.3 is 6.18 Å². The molecule has 0 aromatic carbocycles. The van der Waals surface area contributed by atoms with Gasteiger partial charge in [0.2, 0.25) is 6.29 Å². The van der Waals surface area contributed by atoms with Crippen LogP contribution in [0.25, 0.3) is 0 Å². The van der Waals surface area contributed by atoms with E-state index in [1.807, 2.05) is 0 Å². The van der Waals surface area contributed by atoms with Gasteiger partial charge < -0.3 is 5.32 Å². The molecule has 1 heterocycles. The number of halogens is 3. The molecule has 0 saturated carbocycles. The van der Waals surface area contributed by atoms with Crippen LogP contribution in [0.2, 0.25) is 0 Å². The molecule has 0 aromatic rings. The molecule has 1 rings (SSSR count). The van der Waals surface area contributed by atoms with Crippen LogP contribution in [0.4, 0.5) is 13.2 Å². The zero-order chi connectivity index (χ0) is 15.1. The molecule has 1 aliphatic heterocycles. The number of carbonyl (C=O) groups is 1. The number of nitrogens with zero attached hydrogens (tertiary/aromatic N) is 1. The minimum absolute atomic E-state index is 0.657. The highest BCUT2D eigenvalue weighted by molar-refractivity contribution is 5.56. The molecule has 3 nitrogen and oxygen atoms in total. The number of hydrogen-bond donors (Lipinski definition) is 1. The van der Waals surface area contributed by atoms with E-state index in [1.54, 1.807) is 0 Å². The molecule has 114 valence electrons. The summed E-state index contributed by atoms with van der Waals surface area (Å²) >= 11 is 0. The van der Waals surface area contributed by atoms with Crippen LogP contribution in [0.3, 0.4) is 0 Å². The molecular formula is C13H25F3N2O. The lowest BCUT2D eigenvalue weighted by Crippen LogP contribution is -2.56. The highest BCUT2D eigenvalue weighted by atomic mass is 19.4. The van der Waals surface area contributed by atoms with E-state index < -0.39 is 12.5 Å². The summed E-state index contributed by atoms with van der Waals surface area (Å²) in [6.07, 6.45) is -3.13. The van der Waals surface area contributed by atoms with E-state index in [0.717, 1.165) is 6.04 Å². The van der Waals surface area contributed by atoms with E-state index in [-0.39, 0.29) is 0 Å². The first kappa shape index (κ1) is 18.4. The third kappa shape index (κ3) is 8.21. The molecule has 0 bridgehead atoms. The van der Waals surface area contributed by atoms with E-state index in [0.29, 0.717) is 12.1 Å². The number of alkyl halides is 3. The van der Waals surface area contributed by atoms with E-state index in [4.69, 9.17) is 4.79 Å². The predicted molar refractivity (Wildman–Crippen MR) is 70.1 cm³/mol. The molecule has 0 amide bonds. The van der Waals surface area contributed by atoms with Crippen molar-refractivity contribution >= 4 is 6.29 Å². The predicted octanol–water partition coefficient (Wildman–Crippen LogP) is 2.60. The van der Waals surface area contributed by atoms with Crippen molar-refractivity contribution in [2.75, 3.05) is 13.1 Å². The van der Waals surface area contributed by atoms with Crippen LogP contribution in [0, 0.1) is 0 Å². The van der Waals surface area contributed by atoms with Crippen LogP contribution >= 0.6 is 0 Å². The molecule has 1 N–H and O–H groups in total. The van der Waals surface area contributed by atoms with Crippen molar-refractivity contribution in [3.8, 4) is 0 Å². The SMILES string of the molecule is CCC(CC)N1C[C@@H](C)N[C@@H](C)C1.O=CC(F)(F)F. The van der Waals surface area contributed by atoms with Gasteiger partial charge in [-0.2, -0.15) is 13.2 Å². The van der Waals surface area contributed by atoms with Crippen molar-refractivity contribution in [3.05, 3.63) is 0 Å². The van der Waals surface area contributed by atoms with Gasteiger partial charge in [-0.3, -0.25) is 9.69 Å². The Bertz CT molecular complexity index is 245. The van der Waals surface area contributed by atoms with Crippen molar-refractivity contribution in [3.63, 3.8) is 0 Å². The molecule has 2 atom stereocenters. The number of aldehydes is 1. The highest BCUT2D eigenvalue weighted by Crippen LogP contribution is 2.13. The molecule has 0 spiro atoms. The maximum absolute atomic E-state index is 10.4. The second-order valence-electron chi connectivity index (χ2n) is 5.05. The van der Waals surface area contributed by atoms with Gasteiger partial charge in [-0.1, -0.05) is 13.8 Å². The minimum atomic E-state index is -4.64. The summed E-state index contributed by atoms with van der Waals surface area (Å²) in [5, 5.41) is 3.57. The number of piperazine rings is 1. The summed E-state index contributed by atoms with van der Waals surface area (Å²) in [6.45, 7) is 11.6. The Hall–Kier alpha value is -0.620. The molecule has 0 aliphatic carbocycles. The molecule has 1 saturated heterocycles. The summed E-state index contributed by atoms with van der Waals surface area (Å²) in [7, 11) is 0. The molecule has 0 aromatic heterocycles. The van der Waals surface area contributed by atoms with Crippen molar-refractivity contribution in [1.29, 1.82) is 0 Å². The van der Waals surface area contributed by atoms with E-state index >= 15 is 0 Å². The molecule has 1 aliphatic rings. The summed E-state index contributed by atoms with van der Waals surface area (Å²) in [5.41, 5.74) is 0. The maximum Gasteiger partial charge on any atom is 0.446 e. The lowest BCUT2D eigenvalue weighted by Gasteiger charge is -2.40. The van der Waals surface area contributed by atoms with Crippen LogP contribution in [0.5, 0.6) is 0 Å². The average molecular weight is 282 g/mol. The largest absolute Gasteiger partial charge is 0.446 e. The molecular weight excluding hydrogens is 257 g/mol. The first-order valence-electron chi connectivity index (χ1n) is 6.76. The quantitative estimate of drug-likeness (QED) is 0.808. The Labute approximate surface area is 113 Å². The second-order valence-corrected chi connectivity index (χ2v) is 5.05. The summed E-state index contributed by atoms with van der Waals surface area (Å²) in [4.78, 5) is 11.3. The van der Waals surface area contributed by atoms with E-state index in [2.05, 4.69) is 37.9 Å². The fourth-order valence-corrected chi connectivity index (χ4v) is 2.47. The molecule has 6 heteroatoms. The van der Waals surface area contributed by atoms with Crippen molar-refractivity contribution in [2.45, 2.75) is 64.8 Å². The zero-order valence-electron chi connectivity index (χ0n) is 12.1. The Morgan fingerprint density at radius 3 is 1.84 bits per heavy atom. The van der Waals surface area contributed by atoms with Crippen molar-refractivity contribution < 1.29 is 18.0 Å². The lowest BCUT2D eigenvalue weighted by atomic mass is 10.1. The zero-order valence-corrected chi connectivity index (χ0v) is 12.1. The van der Waals surface area contributed by atoms with Crippen LogP contribution < -0.4 is 5.32 Å². The number of carbonyl (C=O) groups excluding carboxylic acids is 1. The number of hydrogen-bond acceptors (Lipinski definition) is 3. The summed E-state index contributed by atoms with van der Waals surface area (Å²) < 4.78 is 31.2. The van der Waals surface area contributed by atoms with Crippen LogP contribution in [0.1, 0.15) is 40.5 Å². The number of rotatable bonds is 3. The highest BCUT2D eigenvalue weighted by Gasteiger charge is 2.25. The van der Waals surface area contributed by atoms with Crippen LogP contribution in [0.15, 0.2) is 0 Å². The first-order chi connectivity index (χ1) is 8.73. The smallest absolute Gasteiger partial charge is 0.309 e. The van der Waals surface area contributed by atoms with Gasteiger partial charge in [-0.05, 0) is 26.7 Å². The molecule has 0 unspecified atom stereocenters. The van der Waals surface area contributed by atoms with Gasteiger partial charge in [0.05, 0.1) is 0 Å². The van der Waals surface area contributed by atoms with Gasteiger partial charge in [-0.25, -0.2) is 0 Å². The van der Waals surface area contributed by atoms with Crippen LogP contribution in [-0.2, 0) is 4.79 Å². The Kier molecular flexibility index (Phi) is 8.25. The minimum Gasteiger partial charge on any atom is -0.309 e. The molecule has 19 heavy (non-hydrogen) atoms. The van der Waals surface area contributed by atoms with E-state index in [1.165, 1.54) is 25.9 Å². The second kappa shape index (κ2) is 8.53.